The lowest BCUT2D eigenvalue weighted by atomic mass is 10.1. The minimum Gasteiger partial charge on any atom is -0.312 e. The highest BCUT2D eigenvalue weighted by molar-refractivity contribution is 6.30. The summed E-state index contributed by atoms with van der Waals surface area (Å²) in [6.07, 6.45) is 2.58. The van der Waals surface area contributed by atoms with Crippen LogP contribution < -0.4 is 15.5 Å². The predicted molar refractivity (Wildman–Crippen MR) is 96.7 cm³/mol. The molecule has 3 amide bonds. The topological polar surface area (TPSA) is 61.4 Å². The van der Waals surface area contributed by atoms with E-state index in [9.17, 15) is 9.59 Å². The van der Waals surface area contributed by atoms with Gasteiger partial charge in [-0.05, 0) is 61.4 Å². The maximum absolute atomic E-state index is 12.0. The molecule has 1 heterocycles. The van der Waals surface area contributed by atoms with E-state index in [1.54, 1.807) is 41.3 Å². The van der Waals surface area contributed by atoms with Crippen LogP contribution in [0.4, 0.5) is 21.9 Å². The number of halogens is 1. The lowest BCUT2D eigenvalue weighted by Crippen LogP contribution is -2.35. The summed E-state index contributed by atoms with van der Waals surface area (Å²) in [7, 11) is 0. The molecule has 2 aromatic carbocycles. The summed E-state index contributed by atoms with van der Waals surface area (Å²) in [6, 6.07) is 13.8. The quantitative estimate of drug-likeness (QED) is 0.861. The first-order chi connectivity index (χ1) is 11.6. The Morgan fingerprint density at radius 2 is 1.50 bits per heavy atom. The van der Waals surface area contributed by atoms with Gasteiger partial charge in [-0.25, -0.2) is 4.79 Å². The molecule has 0 unspecified atom stereocenters. The van der Waals surface area contributed by atoms with Gasteiger partial charge in [-0.1, -0.05) is 11.6 Å². The Bertz CT molecular complexity index is 729. The van der Waals surface area contributed by atoms with Crippen LogP contribution in [0.15, 0.2) is 48.5 Å². The fourth-order valence-corrected chi connectivity index (χ4v) is 2.76. The Balaban J connectivity index is 1.60. The second kappa shape index (κ2) is 7.36. The standard InChI is InChI=1S/C18H18ClN3O2/c19-13-4-6-14(7-5-13)20-18(24)21-15-8-10-16(11-9-15)22-12-2-1-3-17(22)23/h4-11H,1-3,12H2,(H2,20,21,24). The van der Waals surface area contributed by atoms with Crippen molar-refractivity contribution in [1.29, 1.82) is 0 Å². The third-order valence-corrected chi connectivity index (χ3v) is 4.11. The molecule has 0 spiro atoms. The van der Waals surface area contributed by atoms with Gasteiger partial charge in [0.25, 0.3) is 0 Å². The second-order valence-electron chi connectivity index (χ2n) is 5.64. The molecule has 3 rings (SSSR count). The van der Waals surface area contributed by atoms with E-state index in [4.69, 9.17) is 11.6 Å². The number of benzene rings is 2. The molecule has 1 fully saturated rings. The molecule has 0 radical (unpaired) electrons. The van der Waals surface area contributed by atoms with Crippen LogP contribution >= 0.6 is 11.6 Å². The van der Waals surface area contributed by atoms with Crippen molar-refractivity contribution in [3.63, 3.8) is 0 Å². The molecule has 24 heavy (non-hydrogen) atoms. The molecule has 0 bridgehead atoms. The fraction of sp³-hybridized carbons (Fsp3) is 0.222. The Hall–Kier alpha value is -2.53. The molecule has 1 saturated heterocycles. The van der Waals surface area contributed by atoms with E-state index in [1.807, 2.05) is 12.1 Å². The maximum Gasteiger partial charge on any atom is 0.323 e. The number of hydrogen-bond donors (Lipinski definition) is 2. The van der Waals surface area contributed by atoms with E-state index < -0.39 is 0 Å². The Kier molecular flexibility index (Phi) is 5.01. The zero-order chi connectivity index (χ0) is 16.9. The summed E-state index contributed by atoms with van der Waals surface area (Å²) >= 11 is 5.81. The third kappa shape index (κ3) is 4.06. The van der Waals surface area contributed by atoms with Crippen molar-refractivity contribution in [2.24, 2.45) is 0 Å². The highest BCUT2D eigenvalue weighted by Crippen LogP contribution is 2.23. The number of anilines is 3. The maximum atomic E-state index is 12.0. The molecule has 0 aliphatic carbocycles. The van der Waals surface area contributed by atoms with Crippen LogP contribution in [-0.2, 0) is 4.79 Å². The van der Waals surface area contributed by atoms with E-state index in [2.05, 4.69) is 10.6 Å². The largest absolute Gasteiger partial charge is 0.323 e. The van der Waals surface area contributed by atoms with Gasteiger partial charge < -0.3 is 15.5 Å². The first-order valence-electron chi connectivity index (χ1n) is 7.86. The van der Waals surface area contributed by atoms with Crippen LogP contribution in [0.25, 0.3) is 0 Å². The number of rotatable bonds is 3. The van der Waals surface area contributed by atoms with Gasteiger partial charge in [0.2, 0.25) is 5.91 Å². The molecule has 6 heteroatoms. The van der Waals surface area contributed by atoms with Gasteiger partial charge in [-0.3, -0.25) is 4.79 Å². The normalized spacial score (nSPS) is 14.4. The number of carbonyl (C=O) groups excluding carboxylic acids is 2. The highest BCUT2D eigenvalue weighted by Gasteiger charge is 2.19. The van der Waals surface area contributed by atoms with Gasteiger partial charge in [0.15, 0.2) is 0 Å². The average Bonchev–Trinajstić information content (AvgIpc) is 2.58. The van der Waals surface area contributed by atoms with Crippen LogP contribution in [0.1, 0.15) is 19.3 Å². The van der Waals surface area contributed by atoms with Crippen LogP contribution in [0, 0.1) is 0 Å². The molecule has 124 valence electrons. The zero-order valence-corrected chi connectivity index (χ0v) is 13.8. The monoisotopic (exact) mass is 343 g/mol. The molecule has 5 nitrogen and oxygen atoms in total. The van der Waals surface area contributed by atoms with Crippen LogP contribution in [-0.4, -0.2) is 18.5 Å². The highest BCUT2D eigenvalue weighted by atomic mass is 35.5. The molecule has 0 aromatic heterocycles. The number of urea groups is 1. The van der Waals surface area contributed by atoms with Crippen molar-refractivity contribution in [2.45, 2.75) is 19.3 Å². The van der Waals surface area contributed by atoms with Crippen molar-refractivity contribution in [2.75, 3.05) is 22.1 Å². The summed E-state index contributed by atoms with van der Waals surface area (Å²) in [4.78, 5) is 25.7. The summed E-state index contributed by atoms with van der Waals surface area (Å²) in [5, 5.41) is 6.10. The lowest BCUT2D eigenvalue weighted by molar-refractivity contribution is -0.119. The Labute approximate surface area is 145 Å². The van der Waals surface area contributed by atoms with Gasteiger partial charge in [-0.2, -0.15) is 0 Å². The molecule has 1 aliphatic rings. The van der Waals surface area contributed by atoms with Gasteiger partial charge >= 0.3 is 6.03 Å². The molecular weight excluding hydrogens is 326 g/mol. The first kappa shape index (κ1) is 16.3. The fourth-order valence-electron chi connectivity index (χ4n) is 2.63. The summed E-state index contributed by atoms with van der Waals surface area (Å²) in [6.45, 7) is 0.753. The van der Waals surface area contributed by atoms with Gasteiger partial charge in [0, 0.05) is 35.1 Å². The molecular formula is C18H18ClN3O2. The minimum absolute atomic E-state index is 0.155. The van der Waals surface area contributed by atoms with E-state index >= 15 is 0 Å². The molecule has 2 aromatic rings. The van der Waals surface area contributed by atoms with Crippen molar-refractivity contribution >= 4 is 40.6 Å². The van der Waals surface area contributed by atoms with E-state index in [-0.39, 0.29) is 11.9 Å². The van der Waals surface area contributed by atoms with Crippen molar-refractivity contribution in [3.8, 4) is 0 Å². The number of nitrogens with one attached hydrogen (secondary N) is 2. The van der Waals surface area contributed by atoms with Crippen molar-refractivity contribution in [1.82, 2.24) is 0 Å². The number of hydrogen-bond acceptors (Lipinski definition) is 2. The van der Waals surface area contributed by atoms with E-state index in [0.717, 1.165) is 25.1 Å². The predicted octanol–water partition coefficient (Wildman–Crippen LogP) is 4.50. The van der Waals surface area contributed by atoms with E-state index in [0.29, 0.717) is 22.8 Å². The van der Waals surface area contributed by atoms with Crippen LogP contribution in [0.5, 0.6) is 0 Å². The van der Waals surface area contributed by atoms with Crippen LogP contribution in [0.2, 0.25) is 5.02 Å². The lowest BCUT2D eigenvalue weighted by Gasteiger charge is -2.26. The van der Waals surface area contributed by atoms with E-state index in [1.165, 1.54) is 0 Å². The summed E-state index contributed by atoms with van der Waals surface area (Å²) < 4.78 is 0. The van der Waals surface area contributed by atoms with Crippen molar-refractivity contribution < 1.29 is 9.59 Å². The molecule has 0 atom stereocenters. The third-order valence-electron chi connectivity index (χ3n) is 3.86. The number of amides is 3. The minimum atomic E-state index is -0.334. The molecule has 0 saturated carbocycles. The zero-order valence-electron chi connectivity index (χ0n) is 13.1. The van der Waals surface area contributed by atoms with Crippen molar-refractivity contribution in [3.05, 3.63) is 53.6 Å². The molecule has 2 N–H and O–H groups in total. The first-order valence-corrected chi connectivity index (χ1v) is 8.23. The van der Waals surface area contributed by atoms with Gasteiger partial charge in [-0.15, -0.1) is 0 Å². The second-order valence-corrected chi connectivity index (χ2v) is 6.07. The summed E-state index contributed by atoms with van der Waals surface area (Å²) in [5.74, 6) is 0.155. The Morgan fingerprint density at radius 1 is 0.917 bits per heavy atom. The molecule has 1 aliphatic heterocycles. The Morgan fingerprint density at radius 3 is 2.08 bits per heavy atom. The SMILES string of the molecule is O=C(Nc1ccc(Cl)cc1)Nc1ccc(N2CCCCC2=O)cc1. The van der Waals surface area contributed by atoms with Gasteiger partial charge in [0.1, 0.15) is 0 Å². The smallest absolute Gasteiger partial charge is 0.312 e. The number of piperidine rings is 1. The van der Waals surface area contributed by atoms with Gasteiger partial charge in [0.05, 0.1) is 0 Å². The number of nitrogens with zero attached hydrogens (tertiary/aromatic N) is 1. The number of carbonyl (C=O) groups is 2. The average molecular weight is 344 g/mol. The van der Waals surface area contributed by atoms with Crippen LogP contribution in [0.3, 0.4) is 0 Å². The summed E-state index contributed by atoms with van der Waals surface area (Å²) in [5.41, 5.74) is 2.19.